The molecule has 0 aromatic heterocycles. The molecule has 0 aliphatic heterocycles. The van der Waals surface area contributed by atoms with Crippen LogP contribution in [0.5, 0.6) is 0 Å². The van der Waals surface area contributed by atoms with Crippen molar-refractivity contribution in [3.05, 3.63) is 48.0 Å². The van der Waals surface area contributed by atoms with Crippen molar-refractivity contribution in [1.29, 1.82) is 0 Å². The van der Waals surface area contributed by atoms with Gasteiger partial charge >= 0.3 is 13.8 Å². The lowest BCUT2D eigenvalue weighted by Gasteiger charge is -2.28. The smallest absolute Gasteiger partial charge is 0.458 e. The van der Waals surface area contributed by atoms with Gasteiger partial charge in [0.2, 0.25) is 0 Å². The van der Waals surface area contributed by atoms with Crippen LogP contribution in [-0.4, -0.2) is 30.4 Å². The molecule has 1 fully saturated rings. The first-order valence-electron chi connectivity index (χ1n) is 9.58. The number of carbonyl (C=O) groups excluding carboxylic acids is 1. The molecule has 1 aromatic rings. The van der Waals surface area contributed by atoms with Crippen LogP contribution in [0.3, 0.4) is 0 Å². The predicted octanol–water partition coefficient (Wildman–Crippen LogP) is 3.66. The number of hydrogen-bond donors (Lipinski definition) is 1. The van der Waals surface area contributed by atoms with E-state index in [1.807, 2.05) is 37.3 Å². The van der Waals surface area contributed by atoms with Crippen molar-refractivity contribution < 1.29 is 28.0 Å². The Morgan fingerprint density at radius 1 is 1.32 bits per heavy atom. The van der Waals surface area contributed by atoms with Crippen LogP contribution in [0.2, 0.25) is 5.82 Å². The molecule has 0 spiro atoms. The van der Waals surface area contributed by atoms with E-state index in [1.165, 1.54) is 6.08 Å². The molecule has 0 radical (unpaired) electrons. The van der Waals surface area contributed by atoms with Gasteiger partial charge in [0.25, 0.3) is 0 Å². The number of rotatable bonds is 7. The lowest BCUT2D eigenvalue weighted by atomic mass is 9.79. The number of benzene rings is 1. The van der Waals surface area contributed by atoms with Crippen molar-refractivity contribution in [1.82, 2.24) is 0 Å². The number of esters is 1. The Labute approximate surface area is 168 Å². The van der Waals surface area contributed by atoms with Crippen molar-refractivity contribution in [3.63, 3.8) is 0 Å². The lowest BCUT2D eigenvalue weighted by molar-refractivity contribution is -0.139. The fraction of sp³-hybridized carbons (Fsp3) is 0.550. The summed E-state index contributed by atoms with van der Waals surface area (Å²) in [7, 11) is -2.15. The van der Waals surface area contributed by atoms with E-state index in [4.69, 9.17) is 13.8 Å². The van der Waals surface area contributed by atoms with E-state index in [1.54, 1.807) is 26.8 Å². The van der Waals surface area contributed by atoms with Crippen molar-refractivity contribution in [2.45, 2.75) is 58.2 Å². The van der Waals surface area contributed by atoms with Crippen molar-refractivity contribution in [3.8, 4) is 0 Å². The van der Waals surface area contributed by atoms with Crippen LogP contribution in [0, 0.1) is 11.8 Å². The zero-order valence-electron chi connectivity index (χ0n) is 17.2. The van der Waals surface area contributed by atoms with Gasteiger partial charge in [-0.05, 0) is 38.7 Å². The molecule has 2 unspecified atom stereocenters. The highest BCUT2D eigenvalue weighted by Crippen LogP contribution is 2.54. The molecule has 0 amide bonds. The number of phosphoric ester groups is 1. The summed E-state index contributed by atoms with van der Waals surface area (Å²) in [6, 6.07) is 9.44. The highest BCUT2D eigenvalue weighted by atomic mass is 31.2. The molecule has 6 nitrogen and oxygen atoms in total. The summed E-state index contributed by atoms with van der Waals surface area (Å²) < 4.78 is 28.3. The Bertz CT molecular complexity index is 730. The normalized spacial score (nSPS) is 27.6. The molecular formula is C20H30BO6P. The van der Waals surface area contributed by atoms with Crippen LogP contribution in [-0.2, 0) is 29.8 Å². The summed E-state index contributed by atoms with van der Waals surface area (Å²) >= 11 is 0. The molecule has 28 heavy (non-hydrogen) atoms. The second-order valence-corrected chi connectivity index (χ2v) is 9.76. The van der Waals surface area contributed by atoms with Gasteiger partial charge in [-0.15, -0.1) is 0 Å². The molecule has 1 saturated carbocycles. The summed E-state index contributed by atoms with van der Waals surface area (Å²) in [5.41, 5.74) is 0.110. The zero-order chi connectivity index (χ0) is 20.9. The maximum Gasteiger partial charge on any atom is 0.472 e. The molecule has 5 atom stereocenters. The van der Waals surface area contributed by atoms with E-state index in [-0.39, 0.29) is 24.3 Å². The molecule has 8 heteroatoms. The highest BCUT2D eigenvalue weighted by Gasteiger charge is 2.43. The summed E-state index contributed by atoms with van der Waals surface area (Å²) in [6.07, 6.45) is 3.34. The second-order valence-electron chi connectivity index (χ2n) is 8.43. The Morgan fingerprint density at radius 3 is 2.57 bits per heavy atom. The van der Waals surface area contributed by atoms with E-state index in [9.17, 15) is 14.3 Å². The minimum atomic E-state index is -4.21. The van der Waals surface area contributed by atoms with Crippen LogP contribution < -0.4 is 0 Å². The summed E-state index contributed by atoms with van der Waals surface area (Å²) in [4.78, 5) is 22.2. The standard InChI is InChI=1S/C20H30BO6P/c1-14-17(21)12-16(19(14)26-28(23,24)27-20(2,3)4)10-11-18(22)25-13-15-8-6-5-7-9-15/h5-11,14,16-17,19H,12-13,21H2,1-4H3,(H,23,24)/b11-10+/t14-,16+,17-,19?/m1/s1. The average molecular weight is 408 g/mol. The fourth-order valence-electron chi connectivity index (χ4n) is 3.35. The monoisotopic (exact) mass is 408 g/mol. The number of hydrogen-bond acceptors (Lipinski definition) is 5. The minimum Gasteiger partial charge on any atom is -0.458 e. The maximum absolute atomic E-state index is 12.4. The summed E-state index contributed by atoms with van der Waals surface area (Å²) in [6.45, 7) is 7.26. The van der Waals surface area contributed by atoms with Crippen molar-refractivity contribution in [2.75, 3.05) is 0 Å². The van der Waals surface area contributed by atoms with Crippen molar-refractivity contribution in [2.24, 2.45) is 11.8 Å². The molecule has 2 rings (SSSR count). The minimum absolute atomic E-state index is 0.0547. The summed E-state index contributed by atoms with van der Waals surface area (Å²) in [5, 5.41) is 0. The Kier molecular flexibility index (Phi) is 7.69. The van der Waals surface area contributed by atoms with Gasteiger partial charge in [-0.1, -0.05) is 49.1 Å². The molecule has 0 saturated heterocycles. The SMILES string of the molecule is B[C@@H]1C[C@H](/C=C/C(=O)OCc2ccccc2)C(OP(=O)(O)OC(C)(C)C)[C@@H]1C. The third-order valence-corrected chi connectivity index (χ3v) is 6.12. The average Bonchev–Trinajstić information content (AvgIpc) is 2.84. The number of carbonyl (C=O) groups is 1. The van der Waals surface area contributed by atoms with Crippen molar-refractivity contribution >= 4 is 21.6 Å². The molecule has 0 heterocycles. The van der Waals surface area contributed by atoms with E-state index in [2.05, 4.69) is 7.85 Å². The van der Waals surface area contributed by atoms with Crippen LogP contribution in [0.25, 0.3) is 0 Å². The van der Waals surface area contributed by atoms with Crippen LogP contribution in [0.15, 0.2) is 42.5 Å². The number of phosphoric acid groups is 1. The largest absolute Gasteiger partial charge is 0.472 e. The van der Waals surface area contributed by atoms with E-state index < -0.39 is 25.5 Å². The van der Waals surface area contributed by atoms with Gasteiger partial charge in [-0.25, -0.2) is 9.36 Å². The van der Waals surface area contributed by atoms with Gasteiger partial charge < -0.3 is 9.63 Å². The van der Waals surface area contributed by atoms with E-state index >= 15 is 0 Å². The molecule has 1 N–H and O–H groups in total. The summed E-state index contributed by atoms with van der Waals surface area (Å²) in [5.74, 6) is -0.278. The first kappa shape index (κ1) is 22.9. The van der Waals surface area contributed by atoms with E-state index in [0.717, 1.165) is 12.0 Å². The molecule has 154 valence electrons. The first-order valence-corrected chi connectivity index (χ1v) is 11.1. The Morgan fingerprint density at radius 2 is 1.96 bits per heavy atom. The topological polar surface area (TPSA) is 82.1 Å². The van der Waals surface area contributed by atoms with Crippen LogP contribution in [0.1, 0.15) is 39.7 Å². The van der Waals surface area contributed by atoms with Gasteiger partial charge in [0.05, 0.1) is 11.7 Å². The quantitative estimate of drug-likeness (QED) is 0.321. The van der Waals surface area contributed by atoms with Crippen LogP contribution in [0.4, 0.5) is 0 Å². The third-order valence-electron chi connectivity index (χ3n) is 4.83. The second kappa shape index (κ2) is 9.40. The predicted molar refractivity (Wildman–Crippen MR) is 110 cm³/mol. The van der Waals surface area contributed by atoms with Gasteiger partial charge in [0.1, 0.15) is 14.5 Å². The van der Waals surface area contributed by atoms with Crippen LogP contribution >= 0.6 is 7.82 Å². The molecular weight excluding hydrogens is 378 g/mol. The number of ether oxygens (including phenoxy) is 1. The first-order chi connectivity index (χ1) is 13.0. The molecule has 1 aliphatic rings. The highest BCUT2D eigenvalue weighted by molar-refractivity contribution is 7.47. The lowest BCUT2D eigenvalue weighted by Crippen LogP contribution is -2.25. The van der Waals surface area contributed by atoms with Gasteiger partial charge in [-0.3, -0.25) is 9.05 Å². The van der Waals surface area contributed by atoms with Gasteiger partial charge in [0.15, 0.2) is 0 Å². The third kappa shape index (κ3) is 7.21. The Balaban J connectivity index is 1.98. The maximum atomic E-state index is 12.4. The molecule has 1 aliphatic carbocycles. The Hall–Kier alpha value is -1.40. The fourth-order valence-corrected chi connectivity index (χ4v) is 4.75. The zero-order valence-corrected chi connectivity index (χ0v) is 18.1. The van der Waals surface area contributed by atoms with Gasteiger partial charge in [-0.2, -0.15) is 0 Å². The molecule has 1 aromatic carbocycles. The molecule has 0 bridgehead atoms. The van der Waals surface area contributed by atoms with Gasteiger partial charge in [0, 0.05) is 12.0 Å². The van der Waals surface area contributed by atoms with E-state index in [0.29, 0.717) is 0 Å².